The highest BCUT2D eigenvalue weighted by atomic mass is 35.5. The number of benzene rings is 1. The normalized spacial score (nSPS) is 21.6. The van der Waals surface area contributed by atoms with E-state index in [0.29, 0.717) is 28.4 Å². The van der Waals surface area contributed by atoms with Crippen LogP contribution in [0.2, 0.25) is 5.02 Å². The van der Waals surface area contributed by atoms with Crippen LogP contribution in [-0.4, -0.2) is 16.0 Å². The first kappa shape index (κ1) is 16.6. The Balaban J connectivity index is 1.67. The van der Waals surface area contributed by atoms with Crippen LogP contribution < -0.4 is 10.9 Å². The van der Waals surface area contributed by atoms with Crippen molar-refractivity contribution >= 4 is 34.5 Å². The van der Waals surface area contributed by atoms with Gasteiger partial charge in [0.25, 0.3) is 5.56 Å². The Bertz CT molecular complexity index is 1130. The minimum absolute atomic E-state index is 0.0818. The van der Waals surface area contributed by atoms with Gasteiger partial charge >= 0.3 is 0 Å². The summed E-state index contributed by atoms with van der Waals surface area (Å²) in [4.78, 5) is 26.9. The summed E-state index contributed by atoms with van der Waals surface area (Å²) in [5.74, 6) is 0.458. The first-order chi connectivity index (χ1) is 13.1. The number of ketones is 1. The average Bonchev–Trinajstić information content (AvgIpc) is 3.30. The average molecular weight is 398 g/mol. The molecule has 3 aromatic rings. The Labute approximate surface area is 164 Å². The number of thiophene rings is 1. The third kappa shape index (κ3) is 2.67. The van der Waals surface area contributed by atoms with E-state index in [0.717, 1.165) is 17.7 Å². The lowest BCUT2D eigenvalue weighted by molar-refractivity contribution is -0.116. The number of anilines is 1. The molecule has 1 aliphatic heterocycles. The van der Waals surface area contributed by atoms with E-state index in [1.54, 1.807) is 17.4 Å². The van der Waals surface area contributed by atoms with Gasteiger partial charge < -0.3 is 5.32 Å². The number of aromatic nitrogens is 2. The molecule has 2 atom stereocenters. The number of Topliss-reactive ketones (excluding diaryl/α,β-unsaturated/α-hetero) is 1. The van der Waals surface area contributed by atoms with Crippen molar-refractivity contribution in [2.45, 2.75) is 24.7 Å². The second-order valence-electron chi connectivity index (χ2n) is 6.92. The molecule has 0 amide bonds. The first-order valence-corrected chi connectivity index (χ1v) is 10.00. The predicted molar refractivity (Wildman–Crippen MR) is 107 cm³/mol. The van der Waals surface area contributed by atoms with Crippen LogP contribution in [0, 0.1) is 0 Å². The van der Waals surface area contributed by atoms with E-state index in [1.807, 2.05) is 29.6 Å². The molecule has 0 saturated carbocycles. The fourth-order valence-electron chi connectivity index (χ4n) is 4.17. The molecule has 0 unspecified atom stereocenters. The van der Waals surface area contributed by atoms with E-state index in [2.05, 4.69) is 21.6 Å². The quantitative estimate of drug-likeness (QED) is 0.600. The summed E-state index contributed by atoms with van der Waals surface area (Å²) in [6, 6.07) is 11.5. The fraction of sp³-hybridized carbons (Fsp3) is 0.200. The van der Waals surface area contributed by atoms with Gasteiger partial charge in [-0.3, -0.25) is 19.8 Å². The molecule has 27 heavy (non-hydrogen) atoms. The summed E-state index contributed by atoms with van der Waals surface area (Å²) in [7, 11) is 0. The SMILES string of the molecule is O=C1C[C@@H](c2cccs2)CC2=C1[C@H](c1cccc(Cl)c1)c1c([nH][nH]c1=O)N2. The molecule has 0 spiro atoms. The number of allylic oxidation sites excluding steroid dienone is 2. The van der Waals surface area contributed by atoms with E-state index in [9.17, 15) is 9.59 Å². The van der Waals surface area contributed by atoms with Crippen molar-refractivity contribution < 1.29 is 4.79 Å². The van der Waals surface area contributed by atoms with Gasteiger partial charge in [-0.15, -0.1) is 11.3 Å². The van der Waals surface area contributed by atoms with Crippen molar-refractivity contribution in [1.82, 2.24) is 10.2 Å². The molecule has 0 fully saturated rings. The maximum atomic E-state index is 13.2. The lowest BCUT2D eigenvalue weighted by Gasteiger charge is -2.34. The van der Waals surface area contributed by atoms with Crippen molar-refractivity contribution in [2.24, 2.45) is 0 Å². The van der Waals surface area contributed by atoms with Crippen LogP contribution in [0.5, 0.6) is 0 Å². The number of halogens is 1. The van der Waals surface area contributed by atoms with Gasteiger partial charge in [-0.2, -0.15) is 0 Å². The molecule has 2 aliphatic rings. The molecule has 3 heterocycles. The van der Waals surface area contributed by atoms with Gasteiger partial charge in [0.2, 0.25) is 0 Å². The number of carbonyl (C=O) groups is 1. The fourth-order valence-corrected chi connectivity index (χ4v) is 5.19. The van der Waals surface area contributed by atoms with Gasteiger partial charge in [-0.05, 0) is 35.6 Å². The molecule has 2 aromatic heterocycles. The number of hydrogen-bond acceptors (Lipinski definition) is 4. The molecule has 7 heteroatoms. The van der Waals surface area contributed by atoms with Crippen molar-refractivity contribution in [1.29, 1.82) is 0 Å². The minimum Gasteiger partial charge on any atom is -0.343 e. The number of rotatable bonds is 2. The van der Waals surface area contributed by atoms with E-state index < -0.39 is 5.92 Å². The van der Waals surface area contributed by atoms with Gasteiger partial charge in [0.05, 0.1) is 5.56 Å². The van der Waals surface area contributed by atoms with Crippen LogP contribution in [-0.2, 0) is 4.79 Å². The number of nitrogens with one attached hydrogen (secondary N) is 3. The van der Waals surface area contributed by atoms with Gasteiger partial charge in [0, 0.05) is 39.4 Å². The second kappa shape index (κ2) is 6.25. The zero-order chi connectivity index (χ0) is 18.5. The van der Waals surface area contributed by atoms with Crippen molar-refractivity contribution in [2.75, 3.05) is 5.32 Å². The molecular formula is C20H16ClN3O2S. The third-order valence-electron chi connectivity index (χ3n) is 5.30. The molecular weight excluding hydrogens is 382 g/mol. The third-order valence-corrected chi connectivity index (χ3v) is 6.57. The van der Waals surface area contributed by atoms with E-state index in [4.69, 9.17) is 11.6 Å². The Morgan fingerprint density at radius 1 is 1.07 bits per heavy atom. The molecule has 3 N–H and O–H groups in total. The zero-order valence-corrected chi connectivity index (χ0v) is 15.8. The van der Waals surface area contributed by atoms with Gasteiger partial charge in [0.15, 0.2) is 5.78 Å². The maximum Gasteiger partial charge on any atom is 0.270 e. The van der Waals surface area contributed by atoms with Crippen molar-refractivity contribution in [3.8, 4) is 0 Å². The molecule has 1 aromatic carbocycles. The molecule has 1 aliphatic carbocycles. The number of aromatic amines is 2. The molecule has 5 nitrogen and oxygen atoms in total. The van der Waals surface area contributed by atoms with Crippen molar-refractivity contribution in [3.63, 3.8) is 0 Å². The predicted octanol–water partition coefficient (Wildman–Crippen LogP) is 4.38. The second-order valence-corrected chi connectivity index (χ2v) is 8.33. The first-order valence-electron chi connectivity index (χ1n) is 8.74. The Kier molecular flexibility index (Phi) is 3.84. The van der Waals surface area contributed by atoms with Crippen LogP contribution in [0.25, 0.3) is 0 Å². The van der Waals surface area contributed by atoms with Gasteiger partial charge in [-0.1, -0.05) is 29.8 Å². The number of fused-ring (bicyclic) bond motifs is 1. The van der Waals surface area contributed by atoms with Crippen LogP contribution >= 0.6 is 22.9 Å². The molecule has 0 bridgehead atoms. The summed E-state index contributed by atoms with van der Waals surface area (Å²) in [5.41, 5.74) is 2.74. The summed E-state index contributed by atoms with van der Waals surface area (Å²) in [5, 5.41) is 11.5. The largest absolute Gasteiger partial charge is 0.343 e. The Morgan fingerprint density at radius 3 is 2.74 bits per heavy atom. The summed E-state index contributed by atoms with van der Waals surface area (Å²) in [6.45, 7) is 0. The number of hydrogen-bond donors (Lipinski definition) is 3. The Morgan fingerprint density at radius 2 is 1.96 bits per heavy atom. The summed E-state index contributed by atoms with van der Waals surface area (Å²) < 4.78 is 0. The lowest BCUT2D eigenvalue weighted by Crippen LogP contribution is -2.31. The lowest BCUT2D eigenvalue weighted by atomic mass is 9.74. The Hall–Kier alpha value is -2.57. The highest BCUT2D eigenvalue weighted by molar-refractivity contribution is 7.10. The van der Waals surface area contributed by atoms with Crippen molar-refractivity contribution in [3.05, 3.63) is 84.4 Å². The number of H-pyrrole nitrogens is 2. The maximum absolute atomic E-state index is 13.2. The van der Waals surface area contributed by atoms with E-state index >= 15 is 0 Å². The smallest absolute Gasteiger partial charge is 0.270 e. The van der Waals surface area contributed by atoms with Crippen LogP contribution in [0.4, 0.5) is 5.82 Å². The highest BCUT2D eigenvalue weighted by Gasteiger charge is 2.40. The minimum atomic E-state index is -0.415. The standard InChI is InChI=1S/C20H16ClN3O2S/c21-12-4-1-3-10(7-12)16-17-13(22-19-18(16)20(26)24-23-19)8-11(9-14(17)25)15-5-2-6-27-15/h1-7,11,16H,8-9H2,(H3,22,23,24,26)/t11-,16-/m0/s1. The van der Waals surface area contributed by atoms with Crippen LogP contribution in [0.3, 0.4) is 0 Å². The van der Waals surface area contributed by atoms with Gasteiger partial charge in [0.1, 0.15) is 5.82 Å². The molecule has 0 radical (unpaired) electrons. The van der Waals surface area contributed by atoms with Crippen LogP contribution in [0.1, 0.15) is 40.7 Å². The summed E-state index contributed by atoms with van der Waals surface area (Å²) >= 11 is 7.87. The topological polar surface area (TPSA) is 77.8 Å². The highest BCUT2D eigenvalue weighted by Crippen LogP contribution is 2.47. The van der Waals surface area contributed by atoms with Crippen LogP contribution in [0.15, 0.2) is 57.8 Å². The number of carbonyl (C=O) groups excluding carboxylic acids is 1. The zero-order valence-electron chi connectivity index (χ0n) is 14.2. The molecule has 136 valence electrons. The van der Waals surface area contributed by atoms with E-state index in [1.165, 1.54) is 4.88 Å². The van der Waals surface area contributed by atoms with E-state index in [-0.39, 0.29) is 17.3 Å². The van der Waals surface area contributed by atoms with Gasteiger partial charge in [-0.25, -0.2) is 0 Å². The molecule has 0 saturated heterocycles. The summed E-state index contributed by atoms with van der Waals surface area (Å²) in [6.07, 6.45) is 1.20. The monoisotopic (exact) mass is 397 g/mol. The molecule has 5 rings (SSSR count).